The number of hydrazine groups is 1. The van der Waals surface area contributed by atoms with Crippen molar-refractivity contribution in [2.75, 3.05) is 5.43 Å². The number of anilines is 1. The van der Waals surface area contributed by atoms with Crippen LogP contribution in [0.2, 0.25) is 0 Å². The Kier molecular flexibility index (Phi) is 3.75. The van der Waals surface area contributed by atoms with Crippen molar-refractivity contribution in [1.29, 1.82) is 0 Å². The van der Waals surface area contributed by atoms with Gasteiger partial charge in [-0.05, 0) is 6.07 Å². The van der Waals surface area contributed by atoms with Gasteiger partial charge in [-0.1, -0.05) is 12.1 Å². The van der Waals surface area contributed by atoms with Crippen LogP contribution in [-0.4, -0.2) is 16.2 Å². The third-order valence-corrected chi connectivity index (χ3v) is 2.04. The van der Waals surface area contributed by atoms with E-state index < -0.39 is 24.1 Å². The highest BCUT2D eigenvalue weighted by atomic mass is 19.3. The largest absolute Gasteiger partial charge is 0.479 e. The minimum Gasteiger partial charge on any atom is -0.479 e. The predicted octanol–water partition coefficient (Wildman–Crippen LogP) is 1.03. The van der Waals surface area contributed by atoms with Crippen molar-refractivity contribution in [3.05, 3.63) is 29.3 Å². The van der Waals surface area contributed by atoms with Crippen LogP contribution in [0.4, 0.5) is 14.5 Å². The highest BCUT2D eigenvalue weighted by Gasteiger charge is 2.25. The third-order valence-electron chi connectivity index (χ3n) is 2.04. The van der Waals surface area contributed by atoms with Gasteiger partial charge < -0.3 is 15.6 Å². The quantitative estimate of drug-likeness (QED) is 0.459. The summed E-state index contributed by atoms with van der Waals surface area (Å²) in [7, 11) is 0. The van der Waals surface area contributed by atoms with E-state index in [0.717, 1.165) is 6.07 Å². The first kappa shape index (κ1) is 12.3. The highest BCUT2D eigenvalue weighted by molar-refractivity contribution is 5.76. The van der Waals surface area contributed by atoms with Crippen molar-refractivity contribution in [3.63, 3.8) is 0 Å². The van der Waals surface area contributed by atoms with Gasteiger partial charge in [-0.3, -0.25) is 5.84 Å². The Balaban J connectivity index is 3.32. The minimum atomic E-state index is -2.93. The summed E-state index contributed by atoms with van der Waals surface area (Å²) in [4.78, 5) is 10.5. The van der Waals surface area contributed by atoms with Crippen LogP contribution < -0.4 is 11.3 Å². The summed E-state index contributed by atoms with van der Waals surface area (Å²) in [5.41, 5.74) is 0.921. The van der Waals surface area contributed by atoms with Crippen LogP contribution in [0.5, 0.6) is 0 Å². The number of aliphatic hydroxyl groups is 1. The molecule has 7 heteroatoms. The van der Waals surface area contributed by atoms with E-state index in [1.807, 2.05) is 5.43 Å². The van der Waals surface area contributed by atoms with Crippen LogP contribution >= 0.6 is 0 Å². The summed E-state index contributed by atoms with van der Waals surface area (Å²) in [5.74, 6) is 3.42. The average Bonchev–Trinajstić information content (AvgIpc) is 2.26. The molecule has 1 aromatic rings. The van der Waals surface area contributed by atoms with Crippen LogP contribution in [0.3, 0.4) is 0 Å². The van der Waals surface area contributed by atoms with Gasteiger partial charge in [-0.2, -0.15) is 0 Å². The van der Waals surface area contributed by atoms with Crippen molar-refractivity contribution >= 4 is 11.7 Å². The molecule has 0 fully saturated rings. The molecule has 0 aromatic heterocycles. The van der Waals surface area contributed by atoms with Crippen LogP contribution in [0, 0.1) is 0 Å². The molecule has 0 aliphatic carbocycles. The Morgan fingerprint density at radius 2 is 2.06 bits per heavy atom. The number of aliphatic carboxylic acids is 1. The first-order valence-electron chi connectivity index (χ1n) is 4.27. The van der Waals surface area contributed by atoms with Crippen molar-refractivity contribution < 1.29 is 23.8 Å². The number of carboxylic acid groups (broad SMARTS) is 1. The van der Waals surface area contributed by atoms with Gasteiger partial charge in [-0.15, -0.1) is 0 Å². The topological polar surface area (TPSA) is 95.6 Å². The van der Waals surface area contributed by atoms with Crippen LogP contribution in [0.25, 0.3) is 0 Å². The number of carbonyl (C=O) groups is 1. The molecule has 0 bridgehead atoms. The average molecular weight is 232 g/mol. The second kappa shape index (κ2) is 4.86. The Labute approximate surface area is 89.5 Å². The number of rotatable bonds is 4. The molecule has 0 amide bonds. The van der Waals surface area contributed by atoms with Gasteiger partial charge in [0.25, 0.3) is 6.43 Å². The number of alkyl halides is 2. The predicted molar refractivity (Wildman–Crippen MR) is 51.8 cm³/mol. The molecule has 0 spiro atoms. The van der Waals surface area contributed by atoms with Gasteiger partial charge in [-0.25, -0.2) is 13.6 Å². The molecule has 0 saturated heterocycles. The van der Waals surface area contributed by atoms with Crippen molar-refractivity contribution in [3.8, 4) is 0 Å². The number of nitrogen functional groups attached to an aromatic ring is 1. The second-order valence-corrected chi connectivity index (χ2v) is 2.99. The normalized spacial score (nSPS) is 12.6. The lowest BCUT2D eigenvalue weighted by molar-refractivity contribution is -0.147. The lowest BCUT2D eigenvalue weighted by Gasteiger charge is -2.15. The first-order chi connectivity index (χ1) is 7.49. The molecular formula is C9H10F2N2O3. The summed E-state index contributed by atoms with van der Waals surface area (Å²) in [5, 5.41) is 17.8. The summed E-state index contributed by atoms with van der Waals surface area (Å²) in [6, 6.07) is 3.70. The molecule has 16 heavy (non-hydrogen) atoms. The van der Waals surface area contributed by atoms with Crippen molar-refractivity contribution in [2.45, 2.75) is 12.5 Å². The first-order valence-corrected chi connectivity index (χ1v) is 4.27. The maximum Gasteiger partial charge on any atom is 0.337 e. The molecule has 1 rings (SSSR count). The zero-order chi connectivity index (χ0) is 12.3. The SMILES string of the molecule is NNc1cccc(C(O)C(=O)O)c1C(F)F. The van der Waals surface area contributed by atoms with E-state index in [9.17, 15) is 18.7 Å². The maximum absolute atomic E-state index is 12.7. The number of hydrogen-bond donors (Lipinski definition) is 4. The van der Waals surface area contributed by atoms with Gasteiger partial charge in [0.15, 0.2) is 6.10 Å². The molecule has 0 aliphatic heterocycles. The van der Waals surface area contributed by atoms with Gasteiger partial charge in [0.2, 0.25) is 0 Å². The van der Waals surface area contributed by atoms with Gasteiger partial charge in [0, 0.05) is 11.1 Å². The Bertz CT molecular complexity index is 398. The highest BCUT2D eigenvalue weighted by Crippen LogP contribution is 2.33. The molecule has 0 radical (unpaired) electrons. The lowest BCUT2D eigenvalue weighted by atomic mass is 10.0. The third kappa shape index (κ3) is 2.26. The van der Waals surface area contributed by atoms with Crippen LogP contribution in [0.15, 0.2) is 18.2 Å². The molecule has 1 unspecified atom stereocenters. The van der Waals surface area contributed by atoms with E-state index in [1.54, 1.807) is 0 Å². The van der Waals surface area contributed by atoms with E-state index in [1.165, 1.54) is 12.1 Å². The standard InChI is InChI=1S/C9H10F2N2O3/c10-8(11)6-4(7(14)9(15)16)2-1-3-5(6)13-12/h1-3,7-8,13-14H,12H2,(H,15,16). The van der Waals surface area contributed by atoms with Crippen LogP contribution in [0.1, 0.15) is 23.7 Å². The molecule has 0 heterocycles. The monoisotopic (exact) mass is 232 g/mol. The second-order valence-electron chi connectivity index (χ2n) is 2.99. The number of hydrogen-bond acceptors (Lipinski definition) is 4. The zero-order valence-corrected chi connectivity index (χ0v) is 8.02. The van der Waals surface area contributed by atoms with E-state index in [-0.39, 0.29) is 11.3 Å². The molecule has 0 saturated carbocycles. The van der Waals surface area contributed by atoms with Gasteiger partial charge in [0.05, 0.1) is 5.69 Å². The number of nitrogens with one attached hydrogen (secondary N) is 1. The maximum atomic E-state index is 12.7. The van der Waals surface area contributed by atoms with Crippen LogP contribution in [-0.2, 0) is 4.79 Å². The van der Waals surface area contributed by atoms with E-state index in [2.05, 4.69) is 0 Å². The lowest BCUT2D eigenvalue weighted by Crippen LogP contribution is -2.16. The number of halogens is 2. The Hall–Kier alpha value is -1.73. The van der Waals surface area contributed by atoms with E-state index in [4.69, 9.17) is 10.9 Å². The summed E-state index contributed by atoms with van der Waals surface area (Å²) >= 11 is 0. The molecule has 5 N–H and O–H groups in total. The van der Waals surface area contributed by atoms with Gasteiger partial charge >= 0.3 is 5.97 Å². The van der Waals surface area contributed by atoms with E-state index in [0.29, 0.717) is 0 Å². The minimum absolute atomic E-state index is 0.118. The van der Waals surface area contributed by atoms with Crippen molar-refractivity contribution in [1.82, 2.24) is 0 Å². The summed E-state index contributed by atoms with van der Waals surface area (Å²) in [6.07, 6.45) is -4.94. The Morgan fingerprint density at radius 1 is 1.44 bits per heavy atom. The number of carboxylic acids is 1. The smallest absolute Gasteiger partial charge is 0.337 e. The van der Waals surface area contributed by atoms with E-state index >= 15 is 0 Å². The molecular weight excluding hydrogens is 222 g/mol. The fourth-order valence-corrected chi connectivity index (χ4v) is 1.32. The molecule has 1 aromatic carbocycles. The Morgan fingerprint density at radius 3 is 2.50 bits per heavy atom. The molecule has 5 nitrogen and oxygen atoms in total. The number of nitrogens with two attached hydrogens (primary N) is 1. The number of benzene rings is 1. The molecule has 88 valence electrons. The fourth-order valence-electron chi connectivity index (χ4n) is 1.32. The molecule has 0 aliphatic rings. The van der Waals surface area contributed by atoms with Crippen molar-refractivity contribution in [2.24, 2.45) is 5.84 Å². The zero-order valence-electron chi connectivity index (χ0n) is 8.02. The number of aliphatic hydroxyl groups excluding tert-OH is 1. The molecule has 1 atom stereocenters. The van der Waals surface area contributed by atoms with Gasteiger partial charge in [0.1, 0.15) is 0 Å². The summed E-state index contributed by atoms with van der Waals surface area (Å²) in [6.45, 7) is 0. The summed E-state index contributed by atoms with van der Waals surface area (Å²) < 4.78 is 25.4. The fraction of sp³-hybridized carbons (Fsp3) is 0.222.